The molecule has 2 N–H and O–H groups in total. The van der Waals surface area contributed by atoms with Crippen LogP contribution in [0, 0.1) is 17.0 Å². The molecule has 0 aliphatic carbocycles. The summed E-state index contributed by atoms with van der Waals surface area (Å²) in [6, 6.07) is 12.5. The van der Waals surface area contributed by atoms with E-state index in [9.17, 15) is 28.1 Å². The Morgan fingerprint density at radius 2 is 1.76 bits per heavy atom. The zero-order valence-electron chi connectivity index (χ0n) is 23.5. The minimum Gasteiger partial charge on any atom is -0.496 e. The van der Waals surface area contributed by atoms with E-state index in [4.69, 9.17) is 4.74 Å². The SMILES string of the molecule is COc1cc(Nc2ccc3nc(C)nc(N[C@H](C)c4cc([N+](=O)[O-])cc(C(F)(F)F)c4)c3c2)ccc1CC(=O)N(C)C. The molecule has 3 aromatic carbocycles. The Labute approximate surface area is 239 Å². The van der Waals surface area contributed by atoms with E-state index in [1.165, 1.54) is 12.0 Å². The van der Waals surface area contributed by atoms with Crippen molar-refractivity contribution in [2.75, 3.05) is 31.8 Å². The lowest BCUT2D eigenvalue weighted by Gasteiger charge is -2.19. The Hall–Kier alpha value is -4.94. The van der Waals surface area contributed by atoms with E-state index in [1.807, 2.05) is 12.1 Å². The van der Waals surface area contributed by atoms with Crippen molar-refractivity contribution in [2.45, 2.75) is 32.5 Å². The summed E-state index contributed by atoms with van der Waals surface area (Å²) >= 11 is 0. The minimum absolute atomic E-state index is 0.0622. The third-order valence-electron chi connectivity index (χ3n) is 6.56. The number of rotatable bonds is 9. The van der Waals surface area contributed by atoms with E-state index in [0.29, 0.717) is 45.7 Å². The van der Waals surface area contributed by atoms with Crippen LogP contribution in [0.25, 0.3) is 10.9 Å². The lowest BCUT2D eigenvalue weighted by atomic mass is 10.0. The van der Waals surface area contributed by atoms with Crippen LogP contribution >= 0.6 is 0 Å². The van der Waals surface area contributed by atoms with E-state index in [1.54, 1.807) is 52.2 Å². The number of nitro groups is 1. The van der Waals surface area contributed by atoms with E-state index in [0.717, 1.165) is 17.7 Å². The highest BCUT2D eigenvalue weighted by Crippen LogP contribution is 2.36. The van der Waals surface area contributed by atoms with Gasteiger partial charge in [-0.05, 0) is 49.7 Å². The molecule has 0 aliphatic rings. The van der Waals surface area contributed by atoms with Crippen LogP contribution in [-0.2, 0) is 17.4 Å². The van der Waals surface area contributed by atoms with E-state index >= 15 is 0 Å². The second-order valence-electron chi connectivity index (χ2n) is 9.90. The summed E-state index contributed by atoms with van der Waals surface area (Å²) < 4.78 is 45.8. The van der Waals surface area contributed by atoms with Gasteiger partial charge >= 0.3 is 6.18 Å². The summed E-state index contributed by atoms with van der Waals surface area (Å²) in [4.78, 5) is 33.1. The maximum atomic E-state index is 13.4. The van der Waals surface area contributed by atoms with Crippen LogP contribution in [0.2, 0.25) is 0 Å². The zero-order valence-corrected chi connectivity index (χ0v) is 23.5. The number of aryl methyl sites for hydroxylation is 1. The Balaban J connectivity index is 1.66. The number of carbonyl (C=O) groups is 1. The molecule has 0 spiro atoms. The number of alkyl halides is 3. The third kappa shape index (κ3) is 6.85. The van der Waals surface area contributed by atoms with E-state index in [2.05, 4.69) is 20.6 Å². The molecule has 220 valence electrons. The number of carbonyl (C=O) groups excluding carboxylic acids is 1. The summed E-state index contributed by atoms with van der Waals surface area (Å²) in [7, 11) is 4.89. The second kappa shape index (κ2) is 11.9. The van der Waals surface area contributed by atoms with Gasteiger partial charge in [-0.15, -0.1) is 0 Å². The smallest absolute Gasteiger partial charge is 0.416 e. The van der Waals surface area contributed by atoms with Crippen molar-refractivity contribution in [2.24, 2.45) is 0 Å². The van der Waals surface area contributed by atoms with Gasteiger partial charge in [0.2, 0.25) is 5.91 Å². The number of aromatic nitrogens is 2. The molecule has 0 radical (unpaired) electrons. The molecule has 1 atom stereocenters. The first-order chi connectivity index (χ1) is 19.7. The predicted molar refractivity (Wildman–Crippen MR) is 153 cm³/mol. The molecule has 42 heavy (non-hydrogen) atoms. The van der Waals surface area contributed by atoms with Crippen LogP contribution < -0.4 is 15.4 Å². The monoisotopic (exact) mass is 582 g/mol. The number of methoxy groups -OCH3 is 1. The van der Waals surface area contributed by atoms with Gasteiger partial charge in [-0.3, -0.25) is 14.9 Å². The molecule has 10 nitrogen and oxygen atoms in total. The number of nitrogens with one attached hydrogen (secondary N) is 2. The fraction of sp³-hybridized carbons (Fsp3) is 0.276. The van der Waals surface area contributed by atoms with E-state index in [-0.39, 0.29) is 17.9 Å². The lowest BCUT2D eigenvalue weighted by molar-refractivity contribution is -0.385. The van der Waals surface area contributed by atoms with Crippen LogP contribution in [0.1, 0.15) is 35.5 Å². The normalized spacial score (nSPS) is 12.1. The fourth-order valence-electron chi connectivity index (χ4n) is 4.33. The lowest BCUT2D eigenvalue weighted by Crippen LogP contribution is -2.23. The van der Waals surface area contributed by atoms with Crippen LogP contribution in [-0.4, -0.2) is 46.9 Å². The van der Waals surface area contributed by atoms with Crippen molar-refractivity contribution in [1.82, 2.24) is 14.9 Å². The molecule has 13 heteroatoms. The molecule has 0 saturated carbocycles. The molecular formula is C29H29F3N6O4. The number of benzene rings is 3. The first-order valence-corrected chi connectivity index (χ1v) is 12.8. The number of hydrogen-bond acceptors (Lipinski definition) is 8. The molecule has 0 fully saturated rings. The molecule has 1 aromatic heterocycles. The molecule has 1 amide bonds. The molecule has 0 aliphatic heterocycles. The van der Waals surface area contributed by atoms with Gasteiger partial charge in [0, 0.05) is 54.6 Å². The summed E-state index contributed by atoms with van der Waals surface area (Å²) in [5.74, 6) is 1.26. The fourth-order valence-corrected chi connectivity index (χ4v) is 4.33. The highest BCUT2D eigenvalue weighted by Gasteiger charge is 2.33. The van der Waals surface area contributed by atoms with Gasteiger partial charge < -0.3 is 20.3 Å². The Morgan fingerprint density at radius 3 is 2.40 bits per heavy atom. The van der Waals surface area contributed by atoms with Gasteiger partial charge in [-0.25, -0.2) is 9.97 Å². The summed E-state index contributed by atoms with van der Waals surface area (Å²) in [6.45, 7) is 3.28. The van der Waals surface area contributed by atoms with Crippen LogP contribution in [0.5, 0.6) is 5.75 Å². The van der Waals surface area contributed by atoms with Gasteiger partial charge in [0.05, 0.1) is 35.6 Å². The summed E-state index contributed by atoms with van der Waals surface area (Å²) in [5.41, 5.74) is 1.00. The largest absolute Gasteiger partial charge is 0.496 e. The number of hydrogen-bond donors (Lipinski definition) is 2. The van der Waals surface area contributed by atoms with Crippen molar-refractivity contribution in [3.63, 3.8) is 0 Å². The molecule has 0 unspecified atom stereocenters. The average molecular weight is 583 g/mol. The highest BCUT2D eigenvalue weighted by molar-refractivity contribution is 5.92. The Kier molecular flexibility index (Phi) is 8.50. The predicted octanol–water partition coefficient (Wildman–Crippen LogP) is 6.42. The minimum atomic E-state index is -4.75. The third-order valence-corrected chi connectivity index (χ3v) is 6.56. The number of fused-ring (bicyclic) bond motifs is 1. The molecular weight excluding hydrogens is 553 g/mol. The summed E-state index contributed by atoms with van der Waals surface area (Å²) in [6.07, 6.45) is -4.56. The standard InChI is InChI=1S/C29H29F3N6O4/c1-16(19-10-20(29(30,31)32)13-23(11-19)38(40)41)33-28-24-14-21(8-9-25(24)34-17(2)35-28)36-22-7-6-18(26(15-22)42-5)12-27(39)37(3)4/h6-11,13-16,36H,12H2,1-5H3,(H,33,34,35)/t16-/m1/s1. The number of nitro benzene ring substituents is 1. The number of non-ortho nitro benzene ring substituents is 1. The van der Waals surface area contributed by atoms with Crippen molar-refractivity contribution >= 4 is 39.7 Å². The van der Waals surface area contributed by atoms with E-state index < -0.39 is 28.4 Å². The van der Waals surface area contributed by atoms with Gasteiger partial charge in [0.15, 0.2) is 0 Å². The van der Waals surface area contributed by atoms with Gasteiger partial charge in [-0.1, -0.05) is 6.07 Å². The number of anilines is 3. The first kappa shape index (κ1) is 30.0. The number of likely N-dealkylation sites (N-methyl/N-ethyl adjacent to an activating group) is 1. The zero-order chi connectivity index (χ0) is 30.8. The van der Waals surface area contributed by atoms with Crippen LogP contribution in [0.15, 0.2) is 54.6 Å². The number of ether oxygens (including phenoxy) is 1. The Bertz CT molecular complexity index is 1660. The van der Waals surface area contributed by atoms with Crippen molar-refractivity contribution in [1.29, 1.82) is 0 Å². The molecule has 4 aromatic rings. The van der Waals surface area contributed by atoms with Crippen molar-refractivity contribution in [3.05, 3.63) is 87.2 Å². The maximum absolute atomic E-state index is 13.4. The Morgan fingerprint density at radius 1 is 1.07 bits per heavy atom. The van der Waals surface area contributed by atoms with Gasteiger partial charge in [0.25, 0.3) is 5.69 Å². The topological polar surface area (TPSA) is 123 Å². The number of halogens is 3. The second-order valence-corrected chi connectivity index (χ2v) is 9.90. The summed E-state index contributed by atoms with van der Waals surface area (Å²) in [5, 5.41) is 18.3. The quantitative estimate of drug-likeness (QED) is 0.171. The van der Waals surface area contributed by atoms with Crippen molar-refractivity contribution < 1.29 is 27.6 Å². The maximum Gasteiger partial charge on any atom is 0.416 e. The number of nitrogens with zero attached hydrogens (tertiary/aromatic N) is 4. The molecule has 0 saturated heterocycles. The van der Waals surface area contributed by atoms with Crippen LogP contribution in [0.3, 0.4) is 0 Å². The van der Waals surface area contributed by atoms with Crippen molar-refractivity contribution in [3.8, 4) is 5.75 Å². The average Bonchev–Trinajstić information content (AvgIpc) is 2.93. The number of amides is 1. The molecule has 0 bridgehead atoms. The van der Waals surface area contributed by atoms with Gasteiger partial charge in [0.1, 0.15) is 17.4 Å². The first-order valence-electron chi connectivity index (χ1n) is 12.8. The van der Waals surface area contributed by atoms with Crippen LogP contribution in [0.4, 0.5) is 36.1 Å². The molecule has 1 heterocycles. The van der Waals surface area contributed by atoms with Gasteiger partial charge in [-0.2, -0.15) is 13.2 Å². The highest BCUT2D eigenvalue weighted by atomic mass is 19.4. The molecule has 4 rings (SSSR count).